The van der Waals surface area contributed by atoms with Crippen LogP contribution in [0.15, 0.2) is 18.7 Å². The van der Waals surface area contributed by atoms with E-state index in [1.807, 2.05) is 0 Å². The van der Waals surface area contributed by atoms with Crippen LogP contribution in [0.1, 0.15) is 25.7 Å². The lowest BCUT2D eigenvalue weighted by molar-refractivity contribution is 0.242. The molecule has 1 amide bonds. The van der Waals surface area contributed by atoms with E-state index in [0.29, 0.717) is 6.54 Å². The third kappa shape index (κ3) is 5.72. The van der Waals surface area contributed by atoms with E-state index in [9.17, 15) is 4.79 Å². The molecule has 6 heteroatoms. The molecule has 1 rings (SSSR count). The Bertz CT molecular complexity index is 276. The second-order valence-electron chi connectivity index (χ2n) is 3.40. The SMILES string of the molecule is Cl.NCCCCCCNC(=O)n1ccnc1. The molecule has 0 fully saturated rings. The Hall–Kier alpha value is -1.07. The predicted molar refractivity (Wildman–Crippen MR) is 65.8 cm³/mol. The van der Waals surface area contributed by atoms with Gasteiger partial charge in [-0.25, -0.2) is 9.78 Å². The van der Waals surface area contributed by atoms with Gasteiger partial charge in [0.05, 0.1) is 0 Å². The molecule has 1 aromatic heterocycles. The Morgan fingerprint density at radius 1 is 1.31 bits per heavy atom. The van der Waals surface area contributed by atoms with Crippen molar-refractivity contribution in [2.75, 3.05) is 13.1 Å². The smallest absolute Gasteiger partial charge is 0.326 e. The van der Waals surface area contributed by atoms with Crippen LogP contribution >= 0.6 is 12.4 Å². The first kappa shape index (κ1) is 14.9. The summed E-state index contributed by atoms with van der Waals surface area (Å²) < 4.78 is 1.43. The second kappa shape index (κ2) is 9.18. The molecule has 0 unspecified atom stereocenters. The lowest BCUT2D eigenvalue weighted by Crippen LogP contribution is -2.28. The van der Waals surface area contributed by atoms with Gasteiger partial charge in [0.1, 0.15) is 6.33 Å². The van der Waals surface area contributed by atoms with Gasteiger partial charge in [0.15, 0.2) is 0 Å². The Labute approximate surface area is 102 Å². The number of unbranched alkanes of at least 4 members (excludes halogenated alkanes) is 3. The largest absolute Gasteiger partial charge is 0.337 e. The van der Waals surface area contributed by atoms with Crippen molar-refractivity contribution in [3.05, 3.63) is 18.7 Å². The molecule has 0 aromatic carbocycles. The van der Waals surface area contributed by atoms with Crippen molar-refractivity contribution in [3.63, 3.8) is 0 Å². The first-order chi connectivity index (χ1) is 7.34. The number of halogens is 1. The number of amides is 1. The zero-order chi connectivity index (χ0) is 10.9. The summed E-state index contributed by atoms with van der Waals surface area (Å²) in [4.78, 5) is 15.2. The number of nitrogens with two attached hydrogens (primary N) is 1. The maximum absolute atomic E-state index is 11.4. The molecule has 0 aliphatic carbocycles. The maximum atomic E-state index is 11.4. The minimum Gasteiger partial charge on any atom is -0.337 e. The standard InChI is InChI=1S/C10H18N4O.ClH/c11-5-3-1-2-4-6-13-10(15)14-8-7-12-9-14;/h7-9H,1-6,11H2,(H,13,15);1H. The van der Waals surface area contributed by atoms with Gasteiger partial charge in [-0.15, -0.1) is 12.4 Å². The Morgan fingerprint density at radius 3 is 2.69 bits per heavy atom. The van der Waals surface area contributed by atoms with Crippen molar-refractivity contribution in [3.8, 4) is 0 Å². The lowest BCUT2D eigenvalue weighted by Gasteiger charge is -2.04. The van der Waals surface area contributed by atoms with Gasteiger partial charge >= 0.3 is 6.03 Å². The van der Waals surface area contributed by atoms with Crippen LogP contribution in [0, 0.1) is 0 Å². The zero-order valence-corrected chi connectivity index (χ0v) is 10.1. The fourth-order valence-electron chi connectivity index (χ4n) is 1.29. The summed E-state index contributed by atoms with van der Waals surface area (Å²) in [5.41, 5.74) is 5.38. The van der Waals surface area contributed by atoms with Gasteiger partial charge in [-0.1, -0.05) is 12.8 Å². The van der Waals surface area contributed by atoms with Crippen LogP contribution in [-0.2, 0) is 0 Å². The van der Waals surface area contributed by atoms with Crippen LogP contribution < -0.4 is 11.1 Å². The highest BCUT2D eigenvalue weighted by atomic mass is 35.5. The Morgan fingerprint density at radius 2 is 2.06 bits per heavy atom. The van der Waals surface area contributed by atoms with Crippen molar-refractivity contribution in [2.24, 2.45) is 5.73 Å². The minimum absolute atomic E-state index is 0. The summed E-state index contributed by atoms with van der Waals surface area (Å²) in [6.07, 6.45) is 9.02. The fourth-order valence-corrected chi connectivity index (χ4v) is 1.29. The summed E-state index contributed by atoms with van der Waals surface area (Å²) in [7, 11) is 0. The van der Waals surface area contributed by atoms with E-state index < -0.39 is 0 Å². The highest BCUT2D eigenvalue weighted by Gasteiger charge is 2.00. The fraction of sp³-hybridized carbons (Fsp3) is 0.600. The van der Waals surface area contributed by atoms with Crippen molar-refractivity contribution in [1.82, 2.24) is 14.9 Å². The quantitative estimate of drug-likeness (QED) is 0.745. The van der Waals surface area contributed by atoms with Crippen LogP contribution in [0.3, 0.4) is 0 Å². The maximum Gasteiger partial charge on any atom is 0.326 e. The molecule has 92 valence electrons. The predicted octanol–water partition coefficient (Wildman–Crippen LogP) is 1.38. The summed E-state index contributed by atoms with van der Waals surface area (Å²) in [6.45, 7) is 1.46. The first-order valence-corrected chi connectivity index (χ1v) is 5.31. The molecule has 3 N–H and O–H groups in total. The number of carbonyl (C=O) groups excluding carboxylic acids is 1. The summed E-state index contributed by atoms with van der Waals surface area (Å²) in [5, 5.41) is 2.81. The summed E-state index contributed by atoms with van der Waals surface area (Å²) in [5.74, 6) is 0. The first-order valence-electron chi connectivity index (χ1n) is 5.31. The molecule has 0 spiro atoms. The topological polar surface area (TPSA) is 72.9 Å². The van der Waals surface area contributed by atoms with Gasteiger partial charge in [-0.05, 0) is 19.4 Å². The molecular formula is C10H19ClN4O. The molecule has 0 radical (unpaired) electrons. The molecule has 0 aliphatic rings. The van der Waals surface area contributed by atoms with E-state index in [1.165, 1.54) is 10.9 Å². The molecule has 0 saturated carbocycles. The van der Waals surface area contributed by atoms with Gasteiger partial charge in [-0.3, -0.25) is 4.57 Å². The van der Waals surface area contributed by atoms with Crippen molar-refractivity contribution >= 4 is 18.4 Å². The molecule has 16 heavy (non-hydrogen) atoms. The number of aromatic nitrogens is 2. The second-order valence-corrected chi connectivity index (χ2v) is 3.40. The molecule has 0 saturated heterocycles. The van der Waals surface area contributed by atoms with Crippen LogP contribution in [0.4, 0.5) is 4.79 Å². The normalized spacial score (nSPS) is 9.56. The molecule has 1 aromatic rings. The van der Waals surface area contributed by atoms with E-state index >= 15 is 0 Å². The number of nitrogens with one attached hydrogen (secondary N) is 1. The van der Waals surface area contributed by atoms with Crippen molar-refractivity contribution < 1.29 is 4.79 Å². The van der Waals surface area contributed by atoms with E-state index in [-0.39, 0.29) is 18.4 Å². The number of carbonyl (C=O) groups is 1. The van der Waals surface area contributed by atoms with Crippen molar-refractivity contribution in [1.29, 1.82) is 0 Å². The van der Waals surface area contributed by atoms with Crippen LogP contribution in [0.5, 0.6) is 0 Å². The van der Waals surface area contributed by atoms with Crippen molar-refractivity contribution in [2.45, 2.75) is 25.7 Å². The number of imidazole rings is 1. The van der Waals surface area contributed by atoms with Crippen LogP contribution in [-0.4, -0.2) is 28.7 Å². The molecule has 0 atom stereocenters. The third-order valence-corrected chi connectivity index (χ3v) is 2.15. The van der Waals surface area contributed by atoms with Gasteiger partial charge in [0, 0.05) is 18.9 Å². The lowest BCUT2D eigenvalue weighted by atomic mass is 10.2. The highest BCUT2D eigenvalue weighted by molar-refractivity contribution is 5.85. The van der Waals surface area contributed by atoms with Gasteiger partial charge < -0.3 is 11.1 Å². The third-order valence-electron chi connectivity index (χ3n) is 2.15. The van der Waals surface area contributed by atoms with Gasteiger partial charge in [0.25, 0.3) is 0 Å². The number of hydrogen-bond acceptors (Lipinski definition) is 3. The minimum atomic E-state index is -0.119. The van der Waals surface area contributed by atoms with E-state index in [2.05, 4.69) is 10.3 Å². The van der Waals surface area contributed by atoms with E-state index in [1.54, 1.807) is 12.4 Å². The number of rotatable bonds is 6. The van der Waals surface area contributed by atoms with E-state index in [0.717, 1.165) is 32.2 Å². The van der Waals surface area contributed by atoms with Gasteiger partial charge in [0.2, 0.25) is 0 Å². The molecule has 5 nitrogen and oxygen atoms in total. The molecule has 0 aliphatic heterocycles. The summed E-state index contributed by atoms with van der Waals surface area (Å²) >= 11 is 0. The molecule has 0 bridgehead atoms. The molecule has 1 heterocycles. The average molecular weight is 247 g/mol. The number of hydrogen-bond donors (Lipinski definition) is 2. The Balaban J connectivity index is 0.00000225. The Kier molecular flexibility index (Phi) is 8.56. The average Bonchev–Trinajstić information content (AvgIpc) is 2.76. The highest BCUT2D eigenvalue weighted by Crippen LogP contribution is 1.97. The van der Waals surface area contributed by atoms with E-state index in [4.69, 9.17) is 5.73 Å². The van der Waals surface area contributed by atoms with Crippen LogP contribution in [0.25, 0.3) is 0 Å². The number of nitrogens with zero attached hydrogens (tertiary/aromatic N) is 2. The van der Waals surface area contributed by atoms with Crippen LogP contribution in [0.2, 0.25) is 0 Å². The molecular weight excluding hydrogens is 228 g/mol. The monoisotopic (exact) mass is 246 g/mol. The van der Waals surface area contributed by atoms with Gasteiger partial charge in [-0.2, -0.15) is 0 Å². The summed E-state index contributed by atoms with van der Waals surface area (Å²) in [6, 6.07) is -0.119. The zero-order valence-electron chi connectivity index (χ0n) is 9.26.